The molecule has 0 saturated carbocycles. The van der Waals surface area contributed by atoms with E-state index in [1.54, 1.807) is 28.7 Å². The summed E-state index contributed by atoms with van der Waals surface area (Å²) in [4.78, 5) is 21.8. The maximum Gasteiger partial charge on any atom is 0.273 e. The fraction of sp³-hybridized carbons (Fsp3) is 0.318. The monoisotopic (exact) mass is 451 g/mol. The lowest BCUT2D eigenvalue weighted by atomic mass is 10.1. The van der Waals surface area contributed by atoms with Crippen molar-refractivity contribution < 1.29 is 9.32 Å². The van der Waals surface area contributed by atoms with Crippen LogP contribution in [0.3, 0.4) is 0 Å². The molecule has 10 heteroatoms. The van der Waals surface area contributed by atoms with E-state index in [2.05, 4.69) is 51.6 Å². The number of nitrogens with one attached hydrogen (secondary N) is 2. The molecule has 0 aliphatic heterocycles. The average molecular weight is 452 g/mol. The number of hydrogen-bond acceptors (Lipinski definition) is 8. The average Bonchev–Trinajstić information content (AvgIpc) is 3.42. The molecule has 166 valence electrons. The zero-order chi connectivity index (χ0) is 22.5. The van der Waals surface area contributed by atoms with Gasteiger partial charge in [-0.2, -0.15) is 5.10 Å². The summed E-state index contributed by atoms with van der Waals surface area (Å²) in [7, 11) is 0. The van der Waals surface area contributed by atoms with Crippen LogP contribution in [0.4, 0.5) is 5.82 Å². The Hall–Kier alpha value is -3.40. The number of thioether (sulfide) groups is 1. The van der Waals surface area contributed by atoms with Crippen LogP contribution >= 0.6 is 11.8 Å². The van der Waals surface area contributed by atoms with Gasteiger partial charge in [-0.15, -0.1) is 0 Å². The van der Waals surface area contributed by atoms with Gasteiger partial charge in [0, 0.05) is 24.2 Å². The Kier molecular flexibility index (Phi) is 6.69. The smallest absolute Gasteiger partial charge is 0.273 e. The van der Waals surface area contributed by atoms with Crippen molar-refractivity contribution >= 4 is 34.5 Å². The molecule has 3 heterocycles. The Labute approximate surface area is 190 Å². The second kappa shape index (κ2) is 9.82. The number of fused-ring (bicyclic) bond motifs is 1. The number of benzene rings is 1. The molecule has 0 fully saturated rings. The Balaban J connectivity index is 1.44. The lowest BCUT2D eigenvalue weighted by molar-refractivity contribution is 0.0943. The molecule has 9 nitrogen and oxygen atoms in total. The number of carbonyl (C=O) groups is 1. The highest BCUT2D eigenvalue weighted by molar-refractivity contribution is 7.99. The van der Waals surface area contributed by atoms with E-state index in [0.717, 1.165) is 28.2 Å². The Morgan fingerprint density at radius 2 is 2.03 bits per heavy atom. The van der Waals surface area contributed by atoms with Crippen LogP contribution in [0.2, 0.25) is 0 Å². The second-order valence-electron chi connectivity index (χ2n) is 7.39. The maximum atomic E-state index is 12.5. The zero-order valence-corrected chi connectivity index (χ0v) is 19.0. The van der Waals surface area contributed by atoms with Crippen molar-refractivity contribution in [2.45, 2.75) is 38.5 Å². The third-order valence-corrected chi connectivity index (χ3v) is 5.31. The van der Waals surface area contributed by atoms with Crippen molar-refractivity contribution in [3.63, 3.8) is 0 Å². The van der Waals surface area contributed by atoms with E-state index in [-0.39, 0.29) is 17.6 Å². The van der Waals surface area contributed by atoms with E-state index in [1.807, 2.05) is 30.3 Å². The number of hydrogen-bond donors (Lipinski definition) is 2. The van der Waals surface area contributed by atoms with Crippen LogP contribution < -0.4 is 10.6 Å². The molecule has 0 aliphatic rings. The summed E-state index contributed by atoms with van der Waals surface area (Å²) in [6.07, 6.45) is 1.76. The molecular weight excluding hydrogens is 426 g/mol. The van der Waals surface area contributed by atoms with Crippen molar-refractivity contribution in [2.24, 2.45) is 0 Å². The van der Waals surface area contributed by atoms with Crippen molar-refractivity contribution in [3.8, 4) is 11.3 Å². The van der Waals surface area contributed by atoms with Crippen molar-refractivity contribution in [3.05, 3.63) is 48.3 Å². The lowest BCUT2D eigenvalue weighted by Crippen LogP contribution is -2.27. The summed E-state index contributed by atoms with van der Waals surface area (Å²) in [5.74, 6) is 1.90. The van der Waals surface area contributed by atoms with Crippen LogP contribution in [-0.2, 0) is 6.54 Å². The van der Waals surface area contributed by atoms with E-state index < -0.39 is 0 Å². The van der Waals surface area contributed by atoms with Crippen molar-refractivity contribution in [1.29, 1.82) is 0 Å². The first-order valence-corrected chi connectivity index (χ1v) is 11.5. The number of amides is 1. The molecule has 0 aliphatic carbocycles. The van der Waals surface area contributed by atoms with Crippen LogP contribution in [-0.4, -0.2) is 49.2 Å². The quantitative estimate of drug-likeness (QED) is 0.292. The van der Waals surface area contributed by atoms with Crippen molar-refractivity contribution in [1.82, 2.24) is 30.2 Å². The van der Waals surface area contributed by atoms with Crippen LogP contribution in [0.1, 0.15) is 31.3 Å². The summed E-state index contributed by atoms with van der Waals surface area (Å²) in [6, 6.07) is 11.4. The largest absolute Gasteiger partial charge is 0.367 e. The van der Waals surface area contributed by atoms with E-state index >= 15 is 0 Å². The molecule has 1 amide bonds. The molecule has 1 aromatic carbocycles. The van der Waals surface area contributed by atoms with E-state index in [1.165, 1.54) is 0 Å². The predicted molar refractivity (Wildman–Crippen MR) is 125 cm³/mol. The first-order valence-electron chi connectivity index (χ1n) is 10.5. The highest BCUT2D eigenvalue weighted by Crippen LogP contribution is 2.25. The predicted octanol–water partition coefficient (Wildman–Crippen LogP) is 3.84. The minimum Gasteiger partial charge on any atom is -0.367 e. The second-order valence-corrected chi connectivity index (χ2v) is 8.62. The number of nitrogens with zero attached hydrogens (tertiary/aromatic N) is 5. The zero-order valence-electron chi connectivity index (χ0n) is 18.2. The van der Waals surface area contributed by atoms with Crippen LogP contribution in [0.5, 0.6) is 0 Å². The van der Waals surface area contributed by atoms with Gasteiger partial charge in [0.1, 0.15) is 5.82 Å². The molecule has 0 saturated heterocycles. The molecule has 4 aromatic rings. The minimum atomic E-state index is -0.300. The van der Waals surface area contributed by atoms with Gasteiger partial charge in [0.15, 0.2) is 22.3 Å². The Bertz CT molecular complexity index is 1200. The summed E-state index contributed by atoms with van der Waals surface area (Å²) < 4.78 is 7.09. The van der Waals surface area contributed by atoms with Gasteiger partial charge < -0.3 is 15.2 Å². The number of carbonyl (C=O) groups excluding carboxylic acids is 1. The van der Waals surface area contributed by atoms with Gasteiger partial charge in [-0.3, -0.25) is 4.79 Å². The summed E-state index contributed by atoms with van der Waals surface area (Å²) >= 11 is 1.58. The molecule has 0 atom stereocenters. The van der Waals surface area contributed by atoms with Crippen LogP contribution in [0.25, 0.3) is 22.4 Å². The van der Waals surface area contributed by atoms with Gasteiger partial charge in [0.2, 0.25) is 0 Å². The fourth-order valence-electron chi connectivity index (χ4n) is 3.16. The van der Waals surface area contributed by atoms with Crippen LogP contribution in [0, 0.1) is 0 Å². The molecule has 0 bridgehead atoms. The third kappa shape index (κ3) is 4.91. The van der Waals surface area contributed by atoms with E-state index in [4.69, 9.17) is 4.52 Å². The minimum absolute atomic E-state index is 0.235. The summed E-state index contributed by atoms with van der Waals surface area (Å²) in [5.41, 5.74) is 1.84. The van der Waals surface area contributed by atoms with E-state index in [9.17, 15) is 4.79 Å². The number of rotatable bonds is 9. The molecule has 0 spiro atoms. The molecule has 32 heavy (non-hydrogen) atoms. The van der Waals surface area contributed by atoms with E-state index in [0.29, 0.717) is 24.0 Å². The van der Waals surface area contributed by atoms with Gasteiger partial charge in [-0.1, -0.05) is 54.2 Å². The highest BCUT2D eigenvalue weighted by atomic mass is 32.2. The maximum absolute atomic E-state index is 12.5. The first-order chi connectivity index (χ1) is 15.5. The fourth-order valence-corrected chi connectivity index (χ4v) is 3.73. The highest BCUT2D eigenvalue weighted by Gasteiger charge is 2.16. The third-order valence-electron chi connectivity index (χ3n) is 4.58. The normalized spacial score (nSPS) is 11.2. The lowest BCUT2D eigenvalue weighted by Gasteiger charge is -2.11. The molecule has 3 aromatic heterocycles. The number of anilines is 1. The summed E-state index contributed by atoms with van der Waals surface area (Å²) in [6.45, 7) is 7.03. The Morgan fingerprint density at radius 3 is 2.78 bits per heavy atom. The van der Waals surface area contributed by atoms with Gasteiger partial charge in [0.25, 0.3) is 5.91 Å². The van der Waals surface area contributed by atoms with Crippen LogP contribution in [0.15, 0.2) is 52.3 Å². The topological polar surface area (TPSA) is 111 Å². The summed E-state index contributed by atoms with van der Waals surface area (Å²) in [5, 5.41) is 16.1. The van der Waals surface area contributed by atoms with Gasteiger partial charge >= 0.3 is 0 Å². The number of aromatic nitrogens is 5. The Morgan fingerprint density at radius 1 is 1.22 bits per heavy atom. The van der Waals surface area contributed by atoms with Gasteiger partial charge in [-0.25, -0.2) is 14.6 Å². The molecule has 0 unspecified atom stereocenters. The SMILES string of the molecule is CCSc1nc(NC(C)C)c2cnn(CCNC(=O)c3cc(-c4ccccc4)on3)c2n1. The standard InChI is InChI=1S/C22H25N7O2S/c1-4-32-22-26-19(25-14(2)3)16-13-24-29(20(16)27-22)11-10-23-21(30)17-12-18(31-28-17)15-8-6-5-7-9-15/h5-9,12-14H,4,10-11H2,1-3H3,(H,23,30)(H,25,26,27). The molecular formula is C22H25N7O2S. The van der Waals surface area contributed by atoms with Gasteiger partial charge in [-0.05, 0) is 19.6 Å². The molecule has 4 rings (SSSR count). The molecule has 2 N–H and O–H groups in total. The first kappa shape index (κ1) is 21.8. The van der Waals surface area contributed by atoms with Crippen molar-refractivity contribution in [2.75, 3.05) is 17.6 Å². The molecule has 0 radical (unpaired) electrons. The van der Waals surface area contributed by atoms with Gasteiger partial charge in [0.05, 0.1) is 18.1 Å².